The molecule has 1 amide bonds. The summed E-state index contributed by atoms with van der Waals surface area (Å²) >= 11 is 1.57. The number of thioether (sulfide) groups is 1. The molecule has 1 atom stereocenters. The fourth-order valence-corrected chi connectivity index (χ4v) is 4.45. The van der Waals surface area contributed by atoms with E-state index in [4.69, 9.17) is 4.74 Å². The number of nitrogens with one attached hydrogen (secondary N) is 1. The molecule has 0 aliphatic carbocycles. The summed E-state index contributed by atoms with van der Waals surface area (Å²) in [6, 6.07) is 13.4. The minimum absolute atomic E-state index is 0.153. The van der Waals surface area contributed by atoms with Crippen molar-refractivity contribution in [2.45, 2.75) is 31.2 Å². The second-order valence-corrected chi connectivity index (χ2v) is 9.89. The van der Waals surface area contributed by atoms with Crippen molar-refractivity contribution in [2.24, 2.45) is 0 Å². The maximum absolute atomic E-state index is 12.9. The molecule has 0 saturated heterocycles. The van der Waals surface area contributed by atoms with Crippen LogP contribution in [0.2, 0.25) is 0 Å². The van der Waals surface area contributed by atoms with E-state index in [0.717, 1.165) is 16.9 Å². The van der Waals surface area contributed by atoms with Gasteiger partial charge in [-0.05, 0) is 56.5 Å². The van der Waals surface area contributed by atoms with Gasteiger partial charge < -0.3 is 9.64 Å². The fourth-order valence-electron chi connectivity index (χ4n) is 2.75. The molecule has 0 saturated carbocycles. The molecule has 2 aromatic rings. The number of aryl methyl sites for hydroxylation is 2. The molecular weight excluding hydrogens is 420 g/mol. The number of rotatable bonds is 11. The molecule has 0 bridgehead atoms. The molecule has 0 aliphatic rings. The second kappa shape index (κ2) is 11.4. The van der Waals surface area contributed by atoms with E-state index in [1.807, 2.05) is 44.4 Å². The van der Waals surface area contributed by atoms with Crippen molar-refractivity contribution in [1.29, 1.82) is 0 Å². The Labute approximate surface area is 184 Å². The van der Waals surface area contributed by atoms with Gasteiger partial charge in [-0.15, -0.1) is 0 Å². The van der Waals surface area contributed by atoms with E-state index in [1.54, 1.807) is 43.1 Å². The molecule has 1 N–H and O–H groups in total. The van der Waals surface area contributed by atoms with Gasteiger partial charge in [0.05, 0.1) is 11.4 Å². The Morgan fingerprint density at radius 3 is 2.20 bits per heavy atom. The van der Waals surface area contributed by atoms with Crippen molar-refractivity contribution in [2.75, 3.05) is 32.2 Å². The lowest BCUT2D eigenvalue weighted by Gasteiger charge is -2.24. The van der Waals surface area contributed by atoms with Crippen LogP contribution in [0.25, 0.3) is 0 Å². The lowest BCUT2D eigenvalue weighted by Crippen LogP contribution is -2.48. The number of sulfonamides is 1. The number of hydrogen-bond acceptors (Lipinski definition) is 5. The summed E-state index contributed by atoms with van der Waals surface area (Å²) < 4.78 is 33.8. The number of benzene rings is 2. The highest BCUT2D eigenvalue weighted by atomic mass is 32.2. The fraction of sp³-hybridized carbons (Fsp3) is 0.409. The first-order valence-electron chi connectivity index (χ1n) is 9.75. The Morgan fingerprint density at radius 2 is 1.63 bits per heavy atom. The van der Waals surface area contributed by atoms with Gasteiger partial charge in [0.25, 0.3) is 0 Å². The van der Waals surface area contributed by atoms with Gasteiger partial charge in [-0.2, -0.15) is 16.5 Å². The Balaban J connectivity index is 2.00. The number of ether oxygens (including phenoxy) is 1. The summed E-state index contributed by atoms with van der Waals surface area (Å²) in [7, 11) is -2.13. The summed E-state index contributed by atoms with van der Waals surface area (Å²) in [6.45, 7) is 4.57. The zero-order valence-corrected chi connectivity index (χ0v) is 19.6. The molecule has 0 aromatic heterocycles. The van der Waals surface area contributed by atoms with E-state index in [9.17, 15) is 13.2 Å². The average molecular weight is 451 g/mol. The van der Waals surface area contributed by atoms with Gasteiger partial charge in [0.15, 0.2) is 0 Å². The van der Waals surface area contributed by atoms with Crippen LogP contribution in [0, 0.1) is 13.8 Å². The lowest BCUT2D eigenvalue weighted by atomic mass is 10.2. The molecule has 2 rings (SSSR count). The number of carbonyl (C=O) groups excluding carboxylic acids is 1. The van der Waals surface area contributed by atoms with Crippen molar-refractivity contribution in [3.63, 3.8) is 0 Å². The highest BCUT2D eigenvalue weighted by Gasteiger charge is 2.27. The Morgan fingerprint density at radius 1 is 1.07 bits per heavy atom. The molecule has 164 valence electrons. The first-order valence-corrected chi connectivity index (χ1v) is 12.6. The van der Waals surface area contributed by atoms with E-state index < -0.39 is 16.1 Å². The van der Waals surface area contributed by atoms with Crippen molar-refractivity contribution in [1.82, 2.24) is 9.62 Å². The van der Waals surface area contributed by atoms with Gasteiger partial charge >= 0.3 is 0 Å². The monoisotopic (exact) mass is 450 g/mol. The van der Waals surface area contributed by atoms with Gasteiger partial charge in [-0.3, -0.25) is 4.79 Å². The van der Waals surface area contributed by atoms with Crippen LogP contribution >= 0.6 is 11.8 Å². The molecule has 0 spiro atoms. The first-order chi connectivity index (χ1) is 14.2. The van der Waals surface area contributed by atoms with Crippen LogP contribution in [0.1, 0.15) is 17.5 Å². The topological polar surface area (TPSA) is 75.7 Å². The third kappa shape index (κ3) is 7.34. The molecule has 0 aliphatic heterocycles. The Kier molecular flexibility index (Phi) is 9.20. The van der Waals surface area contributed by atoms with Crippen LogP contribution in [-0.2, 0) is 14.8 Å². The van der Waals surface area contributed by atoms with Gasteiger partial charge in [0, 0.05) is 7.05 Å². The molecule has 6 nitrogen and oxygen atoms in total. The lowest BCUT2D eigenvalue weighted by molar-refractivity contribution is -0.132. The van der Waals surface area contributed by atoms with Crippen molar-refractivity contribution < 1.29 is 17.9 Å². The number of nitrogens with zero attached hydrogens (tertiary/aromatic N) is 1. The summed E-state index contributed by atoms with van der Waals surface area (Å²) in [6.07, 6.45) is 2.34. The standard InChI is InChI=1S/C22H30N2O4S2/c1-17-5-9-19(10-6-17)28-15-14-24(3)22(25)21(13-16-29-4)23-30(26,27)20-11-7-18(2)8-12-20/h5-12,21,23H,13-16H2,1-4H3. The maximum Gasteiger partial charge on any atom is 0.241 e. The predicted octanol–water partition coefficient (Wildman–Crippen LogP) is 3.24. The van der Waals surface area contributed by atoms with E-state index in [-0.39, 0.29) is 10.8 Å². The summed E-state index contributed by atoms with van der Waals surface area (Å²) in [5.74, 6) is 1.13. The van der Waals surface area contributed by atoms with Crippen LogP contribution in [0.15, 0.2) is 53.4 Å². The predicted molar refractivity (Wildman–Crippen MR) is 123 cm³/mol. The molecular formula is C22H30N2O4S2. The second-order valence-electron chi connectivity index (χ2n) is 7.19. The third-order valence-corrected chi connectivity index (χ3v) is 6.76. The van der Waals surface area contributed by atoms with Crippen LogP contribution in [-0.4, -0.2) is 57.5 Å². The van der Waals surface area contributed by atoms with E-state index in [2.05, 4.69) is 4.72 Å². The quantitative estimate of drug-likeness (QED) is 0.569. The zero-order chi connectivity index (χ0) is 22.1. The van der Waals surface area contributed by atoms with Gasteiger partial charge in [-0.1, -0.05) is 35.4 Å². The average Bonchev–Trinajstić information content (AvgIpc) is 2.72. The van der Waals surface area contributed by atoms with E-state index in [0.29, 0.717) is 25.3 Å². The number of amides is 1. The van der Waals surface area contributed by atoms with Crippen LogP contribution in [0.3, 0.4) is 0 Å². The maximum atomic E-state index is 12.9. The largest absolute Gasteiger partial charge is 0.492 e. The minimum atomic E-state index is -3.79. The number of carbonyl (C=O) groups is 1. The summed E-state index contributed by atoms with van der Waals surface area (Å²) in [5.41, 5.74) is 2.12. The molecule has 0 fully saturated rings. The third-order valence-electron chi connectivity index (χ3n) is 4.63. The SMILES string of the molecule is CSCCC(NS(=O)(=O)c1ccc(C)cc1)C(=O)N(C)CCOc1ccc(C)cc1. The molecule has 2 aromatic carbocycles. The molecule has 0 radical (unpaired) electrons. The molecule has 0 heterocycles. The minimum Gasteiger partial charge on any atom is -0.492 e. The molecule has 8 heteroatoms. The first kappa shape index (κ1) is 24.2. The number of likely N-dealkylation sites (N-methyl/N-ethyl adjacent to an activating group) is 1. The van der Waals surface area contributed by atoms with Crippen LogP contribution < -0.4 is 9.46 Å². The van der Waals surface area contributed by atoms with Gasteiger partial charge in [0.2, 0.25) is 15.9 Å². The highest BCUT2D eigenvalue weighted by molar-refractivity contribution is 7.98. The number of hydrogen-bond donors (Lipinski definition) is 1. The van der Waals surface area contributed by atoms with Crippen molar-refractivity contribution in [3.05, 3.63) is 59.7 Å². The summed E-state index contributed by atoms with van der Waals surface area (Å²) in [5, 5.41) is 0. The van der Waals surface area contributed by atoms with E-state index in [1.165, 1.54) is 4.90 Å². The normalized spacial score (nSPS) is 12.4. The summed E-state index contributed by atoms with van der Waals surface area (Å²) in [4.78, 5) is 14.6. The van der Waals surface area contributed by atoms with Crippen molar-refractivity contribution in [3.8, 4) is 5.75 Å². The zero-order valence-electron chi connectivity index (χ0n) is 17.9. The van der Waals surface area contributed by atoms with Crippen LogP contribution in [0.5, 0.6) is 5.75 Å². The van der Waals surface area contributed by atoms with Gasteiger partial charge in [0.1, 0.15) is 18.4 Å². The van der Waals surface area contributed by atoms with Crippen molar-refractivity contribution >= 4 is 27.7 Å². The van der Waals surface area contributed by atoms with Crippen LogP contribution in [0.4, 0.5) is 0 Å². The molecule has 1 unspecified atom stereocenters. The van der Waals surface area contributed by atoms with Gasteiger partial charge in [-0.25, -0.2) is 8.42 Å². The highest BCUT2D eigenvalue weighted by Crippen LogP contribution is 2.14. The molecule has 30 heavy (non-hydrogen) atoms. The van der Waals surface area contributed by atoms with E-state index >= 15 is 0 Å². The Hall–Kier alpha value is -2.03. The Bertz CT molecular complexity index is 913. The smallest absolute Gasteiger partial charge is 0.241 e.